The molecule has 3 heterocycles. The Hall–Kier alpha value is -2.58. The zero-order valence-corrected chi connectivity index (χ0v) is 18.6. The number of carbonyl (C=O) groups excluding carboxylic acids is 1. The summed E-state index contributed by atoms with van der Waals surface area (Å²) in [5.74, 6) is 1.31. The number of aromatic amines is 1. The molecular formula is C25H30N4O4. The molecule has 3 aliphatic carbocycles. The van der Waals surface area contributed by atoms with Crippen LogP contribution in [0.1, 0.15) is 48.9 Å². The predicted molar refractivity (Wildman–Crippen MR) is 119 cm³/mol. The molecule has 2 aromatic rings. The van der Waals surface area contributed by atoms with E-state index in [2.05, 4.69) is 20.2 Å². The minimum Gasteiger partial charge on any atom is -0.504 e. The summed E-state index contributed by atoms with van der Waals surface area (Å²) in [6, 6.07) is 3.55. The maximum absolute atomic E-state index is 12.9. The highest BCUT2D eigenvalue weighted by atomic mass is 16.5. The first-order valence-corrected chi connectivity index (χ1v) is 12.2. The average Bonchev–Trinajstić information content (AvgIpc) is 3.31. The number of benzene rings is 1. The number of phenols is 1. The molecule has 7 rings (SSSR count). The van der Waals surface area contributed by atoms with E-state index in [1.807, 2.05) is 6.07 Å². The molecule has 5 atom stereocenters. The molecule has 33 heavy (non-hydrogen) atoms. The highest BCUT2D eigenvalue weighted by Gasteiger charge is 2.73. The Bertz CT molecular complexity index is 1120. The maximum Gasteiger partial charge on any atom is 0.226 e. The summed E-state index contributed by atoms with van der Waals surface area (Å²) in [7, 11) is 0. The zero-order valence-electron chi connectivity index (χ0n) is 18.6. The van der Waals surface area contributed by atoms with Crippen molar-refractivity contribution in [2.45, 2.75) is 74.1 Å². The van der Waals surface area contributed by atoms with Crippen LogP contribution in [0.2, 0.25) is 0 Å². The van der Waals surface area contributed by atoms with Gasteiger partial charge in [0.05, 0.1) is 29.8 Å². The van der Waals surface area contributed by atoms with E-state index < -0.39 is 17.1 Å². The predicted octanol–water partition coefficient (Wildman–Crippen LogP) is 1.41. The number of H-pyrrole nitrogens is 1. The topological polar surface area (TPSA) is 111 Å². The SMILES string of the molecule is O=C(Cc1cnc[nH]1)N[C@H]1CC[C@@]2(O)[C@H]3Cc4ccc(O)c5c4[C@@]2(CCN3CC2CC2)[C@H]1O5. The van der Waals surface area contributed by atoms with Gasteiger partial charge < -0.3 is 25.3 Å². The molecule has 2 bridgehead atoms. The van der Waals surface area contributed by atoms with Gasteiger partial charge in [-0.15, -0.1) is 0 Å². The highest BCUT2D eigenvalue weighted by Crippen LogP contribution is 2.65. The van der Waals surface area contributed by atoms with Crippen LogP contribution in [0.5, 0.6) is 11.5 Å². The van der Waals surface area contributed by atoms with Gasteiger partial charge in [-0.3, -0.25) is 9.69 Å². The van der Waals surface area contributed by atoms with Gasteiger partial charge in [-0.25, -0.2) is 4.98 Å². The van der Waals surface area contributed by atoms with Gasteiger partial charge in [0.1, 0.15) is 6.10 Å². The van der Waals surface area contributed by atoms with Gasteiger partial charge in [0.25, 0.3) is 0 Å². The fraction of sp³-hybridized carbons (Fsp3) is 0.600. The number of nitrogens with one attached hydrogen (secondary N) is 2. The van der Waals surface area contributed by atoms with E-state index in [1.54, 1.807) is 18.6 Å². The van der Waals surface area contributed by atoms with Crippen LogP contribution in [0.3, 0.4) is 0 Å². The number of rotatable bonds is 5. The van der Waals surface area contributed by atoms with E-state index in [0.29, 0.717) is 18.6 Å². The first kappa shape index (κ1) is 19.9. The quantitative estimate of drug-likeness (QED) is 0.548. The number of likely N-dealkylation sites (tertiary alicyclic amines) is 1. The number of nitrogens with zero attached hydrogens (tertiary/aromatic N) is 2. The van der Waals surface area contributed by atoms with Crippen molar-refractivity contribution in [2.24, 2.45) is 5.92 Å². The van der Waals surface area contributed by atoms with Crippen LogP contribution >= 0.6 is 0 Å². The number of ether oxygens (including phenoxy) is 1. The van der Waals surface area contributed by atoms with Crippen LogP contribution in [-0.2, 0) is 23.1 Å². The molecule has 8 heteroatoms. The van der Waals surface area contributed by atoms with Gasteiger partial charge in [-0.2, -0.15) is 0 Å². The molecule has 1 aromatic heterocycles. The molecule has 8 nitrogen and oxygen atoms in total. The Morgan fingerprint density at radius 1 is 1.30 bits per heavy atom. The first-order chi connectivity index (χ1) is 16.0. The van der Waals surface area contributed by atoms with Crippen LogP contribution in [0, 0.1) is 5.92 Å². The second kappa shape index (κ2) is 6.73. The first-order valence-electron chi connectivity index (χ1n) is 12.2. The van der Waals surface area contributed by atoms with Gasteiger partial charge in [0.2, 0.25) is 5.91 Å². The number of piperidine rings is 1. The summed E-state index contributed by atoms with van der Waals surface area (Å²) in [6.07, 6.45) is 8.45. The third kappa shape index (κ3) is 2.65. The monoisotopic (exact) mass is 450 g/mol. The van der Waals surface area contributed by atoms with Gasteiger partial charge in [0, 0.05) is 30.0 Å². The van der Waals surface area contributed by atoms with Gasteiger partial charge in [-0.05, 0) is 62.6 Å². The van der Waals surface area contributed by atoms with Crippen molar-refractivity contribution in [1.82, 2.24) is 20.2 Å². The summed E-state index contributed by atoms with van der Waals surface area (Å²) in [4.78, 5) is 22.4. The Balaban J connectivity index is 1.27. The molecule has 1 spiro atoms. The molecule has 0 unspecified atom stereocenters. The van der Waals surface area contributed by atoms with E-state index in [1.165, 1.54) is 18.4 Å². The third-order valence-electron chi connectivity index (χ3n) is 9.01. The lowest BCUT2D eigenvalue weighted by Crippen LogP contribution is -2.78. The number of aromatic hydroxyl groups is 1. The lowest BCUT2D eigenvalue weighted by Gasteiger charge is -2.64. The fourth-order valence-corrected chi connectivity index (χ4v) is 7.44. The second-order valence-corrected chi connectivity index (χ2v) is 10.8. The third-order valence-corrected chi connectivity index (χ3v) is 9.01. The average molecular weight is 451 g/mol. The Morgan fingerprint density at radius 2 is 2.18 bits per heavy atom. The standard InChI is InChI=1S/C25H30N4O4/c30-18-4-3-15-9-19-25(32)6-5-17(28-20(31)10-16-11-26-13-27-16)23-24(25,21(15)22(18)33-23)7-8-29(19)12-14-1-2-14/h3-4,11,13-14,17,19,23,30,32H,1-2,5-10,12H2,(H,26,27)(H,28,31)/t17-,19+,23-,24-,25+/m0/s1. The number of amides is 1. The van der Waals surface area contributed by atoms with Crippen LogP contribution in [0.25, 0.3) is 0 Å². The summed E-state index contributed by atoms with van der Waals surface area (Å²) in [5, 5.41) is 26.3. The van der Waals surface area contributed by atoms with Gasteiger partial charge in [0.15, 0.2) is 11.5 Å². The molecule has 1 aromatic carbocycles. The molecule has 0 radical (unpaired) electrons. The van der Waals surface area contributed by atoms with E-state index in [9.17, 15) is 15.0 Å². The summed E-state index contributed by atoms with van der Waals surface area (Å²) in [6.45, 7) is 1.96. The van der Waals surface area contributed by atoms with Crippen LogP contribution in [0.15, 0.2) is 24.7 Å². The Kier molecular flexibility index (Phi) is 4.05. The number of carbonyl (C=O) groups is 1. The van der Waals surface area contributed by atoms with Gasteiger partial charge >= 0.3 is 0 Å². The van der Waals surface area contributed by atoms with Gasteiger partial charge in [-0.1, -0.05) is 6.07 Å². The number of aromatic nitrogens is 2. The number of hydrogen-bond donors (Lipinski definition) is 4. The van der Waals surface area contributed by atoms with Crippen LogP contribution < -0.4 is 10.1 Å². The van der Waals surface area contributed by atoms with Crippen molar-refractivity contribution in [3.8, 4) is 11.5 Å². The van der Waals surface area contributed by atoms with E-state index in [0.717, 1.165) is 43.1 Å². The van der Waals surface area contributed by atoms with Crippen LogP contribution in [0.4, 0.5) is 0 Å². The molecular weight excluding hydrogens is 420 g/mol. The Labute approximate surface area is 192 Å². The van der Waals surface area contributed by atoms with E-state index >= 15 is 0 Å². The highest BCUT2D eigenvalue weighted by molar-refractivity contribution is 5.78. The summed E-state index contributed by atoms with van der Waals surface area (Å²) in [5.41, 5.74) is 1.39. The minimum absolute atomic E-state index is 0.0441. The zero-order chi connectivity index (χ0) is 22.4. The Morgan fingerprint density at radius 3 is 2.97 bits per heavy atom. The number of phenolic OH excluding ortho intramolecular Hbond substituents is 1. The smallest absolute Gasteiger partial charge is 0.226 e. The number of aliphatic hydroxyl groups is 1. The fourth-order valence-electron chi connectivity index (χ4n) is 7.44. The lowest BCUT2D eigenvalue weighted by molar-refractivity contribution is -0.192. The summed E-state index contributed by atoms with van der Waals surface area (Å²) >= 11 is 0. The van der Waals surface area contributed by atoms with Crippen LogP contribution in [-0.4, -0.2) is 67.9 Å². The molecule has 1 amide bonds. The van der Waals surface area contributed by atoms with Crippen molar-refractivity contribution in [3.63, 3.8) is 0 Å². The molecule has 2 aliphatic heterocycles. The van der Waals surface area contributed by atoms with E-state index in [4.69, 9.17) is 4.74 Å². The van der Waals surface area contributed by atoms with Crippen molar-refractivity contribution in [1.29, 1.82) is 0 Å². The molecule has 2 saturated carbocycles. The maximum atomic E-state index is 12.9. The van der Waals surface area contributed by atoms with Crippen molar-refractivity contribution in [2.75, 3.05) is 13.1 Å². The molecule has 174 valence electrons. The number of hydrogen-bond acceptors (Lipinski definition) is 6. The lowest BCUT2D eigenvalue weighted by atomic mass is 9.48. The largest absolute Gasteiger partial charge is 0.504 e. The normalized spacial score (nSPS) is 36.2. The number of imidazole rings is 1. The molecule has 4 N–H and O–H groups in total. The molecule has 3 fully saturated rings. The van der Waals surface area contributed by atoms with Crippen molar-refractivity contribution < 1.29 is 19.7 Å². The second-order valence-electron chi connectivity index (χ2n) is 10.8. The minimum atomic E-state index is -0.929. The van der Waals surface area contributed by atoms with Crippen molar-refractivity contribution >= 4 is 5.91 Å². The molecule has 1 saturated heterocycles. The van der Waals surface area contributed by atoms with E-state index in [-0.39, 0.29) is 30.2 Å². The van der Waals surface area contributed by atoms with Crippen molar-refractivity contribution in [3.05, 3.63) is 41.5 Å². The molecule has 5 aliphatic rings. The summed E-state index contributed by atoms with van der Waals surface area (Å²) < 4.78 is 6.49.